The van der Waals surface area contributed by atoms with Crippen LogP contribution in [0.25, 0.3) is 78.8 Å². The summed E-state index contributed by atoms with van der Waals surface area (Å²) in [5.41, 5.74) is 10.1. The van der Waals surface area contributed by atoms with E-state index in [2.05, 4.69) is 131 Å². The lowest BCUT2D eigenvalue weighted by molar-refractivity contribution is 0.840. The summed E-state index contributed by atoms with van der Waals surface area (Å²) >= 11 is 0. The summed E-state index contributed by atoms with van der Waals surface area (Å²) in [6.07, 6.45) is 12.5. The van der Waals surface area contributed by atoms with Crippen LogP contribution in [0.1, 0.15) is 17.7 Å². The highest BCUT2D eigenvalue weighted by Crippen LogP contribution is 2.47. The zero-order valence-electron chi connectivity index (χ0n) is 26.0. The van der Waals surface area contributed by atoms with Gasteiger partial charge in [0.2, 0.25) is 5.95 Å². The van der Waals surface area contributed by atoms with E-state index < -0.39 is 0 Å². The third-order valence-electron chi connectivity index (χ3n) is 9.68. The van der Waals surface area contributed by atoms with Gasteiger partial charge in [0.1, 0.15) is 0 Å². The minimum Gasteiger partial charge on any atom is -0.307 e. The number of hydrogen-bond donors (Lipinski definition) is 0. The highest BCUT2D eigenvalue weighted by Gasteiger charge is 2.30. The Bertz CT molecular complexity index is 2570. The number of rotatable bonds is 4. The SMILES string of the molecule is C1=CCC2C=Cc3c(c4ccc5c6ccccc6n(-c6nc(-c7ccccc7)nc(-c7ccccc7)n6)c5c4n3-c3ccccc3)C2=C1. The number of para-hydroxylation sites is 2. The van der Waals surface area contributed by atoms with Crippen molar-refractivity contribution in [3.8, 4) is 34.4 Å². The van der Waals surface area contributed by atoms with Crippen LogP contribution in [0.5, 0.6) is 0 Å². The molecule has 226 valence electrons. The van der Waals surface area contributed by atoms with Gasteiger partial charge in [-0.15, -0.1) is 0 Å². The van der Waals surface area contributed by atoms with Crippen molar-refractivity contribution in [3.05, 3.63) is 163 Å². The van der Waals surface area contributed by atoms with E-state index in [9.17, 15) is 0 Å². The molecule has 0 bridgehead atoms. The van der Waals surface area contributed by atoms with E-state index in [-0.39, 0.29) is 0 Å². The van der Waals surface area contributed by atoms with Crippen molar-refractivity contribution < 1.29 is 0 Å². The van der Waals surface area contributed by atoms with Crippen molar-refractivity contribution in [1.29, 1.82) is 0 Å². The molecule has 0 spiro atoms. The molecule has 5 nitrogen and oxygen atoms in total. The van der Waals surface area contributed by atoms with Gasteiger partial charge < -0.3 is 4.57 Å². The van der Waals surface area contributed by atoms with Gasteiger partial charge in [0, 0.05) is 44.5 Å². The molecule has 2 aliphatic carbocycles. The first-order valence-electron chi connectivity index (χ1n) is 16.4. The zero-order valence-corrected chi connectivity index (χ0v) is 26.0. The first kappa shape index (κ1) is 26.8. The predicted molar refractivity (Wildman–Crippen MR) is 196 cm³/mol. The second-order valence-electron chi connectivity index (χ2n) is 12.4. The summed E-state index contributed by atoms with van der Waals surface area (Å²) in [5.74, 6) is 2.23. The molecule has 0 saturated carbocycles. The van der Waals surface area contributed by atoms with Crippen LogP contribution >= 0.6 is 0 Å². The smallest absolute Gasteiger partial charge is 0.238 e. The predicted octanol–water partition coefficient (Wildman–Crippen LogP) is 10.2. The van der Waals surface area contributed by atoms with Gasteiger partial charge in [0.15, 0.2) is 11.6 Å². The molecule has 0 saturated heterocycles. The van der Waals surface area contributed by atoms with E-state index >= 15 is 0 Å². The van der Waals surface area contributed by atoms with Gasteiger partial charge in [0.25, 0.3) is 0 Å². The second-order valence-corrected chi connectivity index (χ2v) is 12.4. The maximum Gasteiger partial charge on any atom is 0.238 e. The molecule has 5 aromatic carbocycles. The highest BCUT2D eigenvalue weighted by atomic mass is 15.2. The number of fused-ring (bicyclic) bond motifs is 9. The van der Waals surface area contributed by atoms with Crippen LogP contribution in [0.3, 0.4) is 0 Å². The molecule has 3 heterocycles. The summed E-state index contributed by atoms with van der Waals surface area (Å²) in [5, 5.41) is 3.54. The van der Waals surface area contributed by atoms with E-state index in [1.54, 1.807) is 0 Å². The zero-order chi connectivity index (χ0) is 31.6. The number of nitrogens with zero attached hydrogens (tertiary/aromatic N) is 5. The van der Waals surface area contributed by atoms with Crippen molar-refractivity contribution in [2.75, 3.05) is 0 Å². The molecule has 8 aromatic rings. The minimum absolute atomic E-state index is 0.365. The number of allylic oxidation sites excluding steroid dienone is 5. The van der Waals surface area contributed by atoms with Crippen LogP contribution in [-0.2, 0) is 0 Å². The Hall–Kier alpha value is -6.33. The topological polar surface area (TPSA) is 48.5 Å². The van der Waals surface area contributed by atoms with Gasteiger partial charge in [0.05, 0.1) is 22.2 Å². The van der Waals surface area contributed by atoms with Gasteiger partial charge in [-0.05, 0) is 36.3 Å². The summed E-state index contributed by atoms with van der Waals surface area (Å²) in [6, 6.07) is 44.3. The lowest BCUT2D eigenvalue weighted by atomic mass is 9.82. The minimum atomic E-state index is 0.365. The maximum atomic E-state index is 5.23. The molecule has 5 heteroatoms. The molecule has 3 aromatic heterocycles. The average Bonchev–Trinajstić information content (AvgIpc) is 3.69. The van der Waals surface area contributed by atoms with Gasteiger partial charge in [-0.2, -0.15) is 9.97 Å². The van der Waals surface area contributed by atoms with Gasteiger partial charge in [-0.3, -0.25) is 4.57 Å². The Kier molecular flexibility index (Phi) is 5.93. The Labute approximate surface area is 277 Å². The summed E-state index contributed by atoms with van der Waals surface area (Å²) < 4.78 is 4.69. The molecule has 1 atom stereocenters. The highest BCUT2D eigenvalue weighted by molar-refractivity contribution is 6.20. The molecule has 1 unspecified atom stereocenters. The molecule has 0 aliphatic heterocycles. The molecular formula is C43H29N5. The van der Waals surface area contributed by atoms with Gasteiger partial charge >= 0.3 is 0 Å². The summed E-state index contributed by atoms with van der Waals surface area (Å²) in [4.78, 5) is 15.5. The molecule has 0 N–H and O–H groups in total. The number of hydrogen-bond acceptors (Lipinski definition) is 3. The molecule has 2 aliphatic rings. The normalized spacial score (nSPS) is 15.2. The van der Waals surface area contributed by atoms with E-state index in [1.807, 2.05) is 36.4 Å². The quantitative estimate of drug-likeness (QED) is 0.198. The largest absolute Gasteiger partial charge is 0.307 e. The maximum absolute atomic E-state index is 5.23. The first-order chi connectivity index (χ1) is 23.8. The number of aromatic nitrogens is 5. The molecule has 10 rings (SSSR count). The Balaban J connectivity index is 1.38. The van der Waals surface area contributed by atoms with E-state index in [1.165, 1.54) is 22.2 Å². The van der Waals surface area contributed by atoms with Crippen LogP contribution in [-0.4, -0.2) is 24.1 Å². The fourth-order valence-corrected chi connectivity index (χ4v) is 7.56. The molecular weight excluding hydrogens is 587 g/mol. The van der Waals surface area contributed by atoms with Gasteiger partial charge in [-0.1, -0.05) is 133 Å². The van der Waals surface area contributed by atoms with Crippen molar-refractivity contribution in [2.24, 2.45) is 5.92 Å². The van der Waals surface area contributed by atoms with Crippen molar-refractivity contribution in [2.45, 2.75) is 6.42 Å². The molecule has 0 radical (unpaired) electrons. The fourth-order valence-electron chi connectivity index (χ4n) is 7.56. The van der Waals surface area contributed by atoms with Crippen molar-refractivity contribution in [1.82, 2.24) is 24.1 Å². The van der Waals surface area contributed by atoms with E-state index in [0.717, 1.165) is 50.6 Å². The lowest BCUT2D eigenvalue weighted by Crippen LogP contribution is -2.09. The van der Waals surface area contributed by atoms with Crippen LogP contribution in [0.4, 0.5) is 0 Å². The Morgan fingerprint density at radius 2 is 1.19 bits per heavy atom. The van der Waals surface area contributed by atoms with E-state index in [4.69, 9.17) is 15.0 Å². The van der Waals surface area contributed by atoms with Crippen LogP contribution in [0, 0.1) is 5.92 Å². The standard InChI is InChI=1S/C43H29N5/c1-4-15-29(16-5-1)41-44-42(30-17-6-2-7-18-30)46-43(45-41)48-36-23-13-12-22-33(36)34-25-26-35-38-32-21-11-10-14-28(32)24-27-37(38)47(40(35)39(34)48)31-19-8-3-9-20-31/h1-13,15-28H,14H2. The first-order valence-corrected chi connectivity index (χ1v) is 16.4. The monoisotopic (exact) mass is 615 g/mol. The van der Waals surface area contributed by atoms with Crippen LogP contribution in [0.2, 0.25) is 0 Å². The van der Waals surface area contributed by atoms with Crippen molar-refractivity contribution in [3.63, 3.8) is 0 Å². The van der Waals surface area contributed by atoms with Crippen molar-refractivity contribution >= 4 is 44.4 Å². The van der Waals surface area contributed by atoms with Crippen LogP contribution in [0.15, 0.2) is 152 Å². The third-order valence-corrected chi connectivity index (χ3v) is 9.68. The summed E-state index contributed by atoms with van der Waals surface area (Å²) in [6.45, 7) is 0. The Morgan fingerprint density at radius 1 is 0.562 bits per heavy atom. The lowest BCUT2D eigenvalue weighted by Gasteiger charge is -2.23. The third kappa shape index (κ3) is 4.01. The average molecular weight is 616 g/mol. The molecule has 0 fully saturated rings. The second kappa shape index (κ2) is 10.6. The molecule has 0 amide bonds. The fraction of sp³-hybridized carbons (Fsp3) is 0.0465. The Morgan fingerprint density at radius 3 is 1.92 bits per heavy atom. The number of benzene rings is 5. The van der Waals surface area contributed by atoms with E-state index in [0.29, 0.717) is 23.5 Å². The van der Waals surface area contributed by atoms with Gasteiger partial charge in [-0.25, -0.2) is 4.98 Å². The molecule has 48 heavy (non-hydrogen) atoms. The van der Waals surface area contributed by atoms with Crippen LogP contribution < -0.4 is 0 Å². The summed E-state index contributed by atoms with van der Waals surface area (Å²) in [7, 11) is 0.